The van der Waals surface area contributed by atoms with Gasteiger partial charge in [-0.3, -0.25) is 4.79 Å². The van der Waals surface area contributed by atoms with Crippen LogP contribution >= 0.6 is 11.3 Å². The SMILES string of the molecule is C\C=C(/N=C\C(=C/CC)C(F)(F)F)NCC1C(C)CC(F)(F)CN1C(=O)c1nc(C)sc1-c1ccc(F)cc1. The van der Waals surface area contributed by atoms with Crippen LogP contribution in [0.4, 0.5) is 26.3 Å². The normalized spacial score (nSPS) is 20.5. The average Bonchev–Trinajstić information content (AvgIpc) is 3.24. The highest BCUT2D eigenvalue weighted by molar-refractivity contribution is 7.15. The van der Waals surface area contributed by atoms with Crippen molar-refractivity contribution >= 4 is 23.5 Å². The molecule has 1 aromatic carbocycles. The van der Waals surface area contributed by atoms with Gasteiger partial charge in [-0.25, -0.2) is 23.1 Å². The van der Waals surface area contributed by atoms with Crippen LogP contribution in [0.1, 0.15) is 49.1 Å². The fraction of sp³-hybridized carbons (Fsp3) is 0.444. The fourth-order valence-corrected chi connectivity index (χ4v) is 5.33. The predicted octanol–water partition coefficient (Wildman–Crippen LogP) is 7.16. The van der Waals surface area contributed by atoms with Crippen LogP contribution in [0.3, 0.4) is 0 Å². The Morgan fingerprint density at radius 1 is 1.28 bits per heavy atom. The Labute approximate surface area is 227 Å². The first-order valence-electron chi connectivity index (χ1n) is 12.4. The van der Waals surface area contributed by atoms with E-state index in [9.17, 15) is 31.1 Å². The topological polar surface area (TPSA) is 57.6 Å². The maximum atomic E-state index is 14.7. The molecule has 212 valence electrons. The number of carbonyl (C=O) groups excluding carboxylic acids is 1. The minimum absolute atomic E-state index is 0.0113. The van der Waals surface area contributed by atoms with Crippen LogP contribution in [-0.2, 0) is 0 Å². The van der Waals surface area contributed by atoms with Crippen molar-refractivity contribution in [2.75, 3.05) is 13.1 Å². The Balaban J connectivity index is 1.88. The zero-order valence-electron chi connectivity index (χ0n) is 22.0. The van der Waals surface area contributed by atoms with Crippen LogP contribution in [0.15, 0.2) is 52.8 Å². The summed E-state index contributed by atoms with van der Waals surface area (Å²) < 4.78 is 82.4. The highest BCUT2D eigenvalue weighted by atomic mass is 32.1. The Morgan fingerprint density at radius 2 is 1.95 bits per heavy atom. The van der Waals surface area contributed by atoms with Crippen molar-refractivity contribution in [1.29, 1.82) is 0 Å². The summed E-state index contributed by atoms with van der Waals surface area (Å²) >= 11 is 1.19. The van der Waals surface area contributed by atoms with E-state index in [0.717, 1.165) is 11.0 Å². The molecule has 0 saturated carbocycles. The van der Waals surface area contributed by atoms with Gasteiger partial charge < -0.3 is 10.2 Å². The number of amides is 1. The number of halogens is 6. The smallest absolute Gasteiger partial charge is 0.368 e. The van der Waals surface area contributed by atoms with E-state index in [1.54, 1.807) is 27.7 Å². The zero-order chi connectivity index (χ0) is 29.0. The van der Waals surface area contributed by atoms with Gasteiger partial charge in [-0.15, -0.1) is 11.3 Å². The molecule has 5 nitrogen and oxygen atoms in total. The van der Waals surface area contributed by atoms with Crippen LogP contribution in [0.2, 0.25) is 0 Å². The van der Waals surface area contributed by atoms with Crippen molar-refractivity contribution in [3.63, 3.8) is 0 Å². The molecule has 0 bridgehead atoms. The number of nitrogens with one attached hydrogen (secondary N) is 1. The lowest BCUT2D eigenvalue weighted by Crippen LogP contribution is -2.58. The molecule has 2 unspecified atom stereocenters. The van der Waals surface area contributed by atoms with Gasteiger partial charge in [0.2, 0.25) is 0 Å². The number of rotatable bonds is 8. The summed E-state index contributed by atoms with van der Waals surface area (Å²) in [5.74, 6) is -4.84. The van der Waals surface area contributed by atoms with Gasteiger partial charge in [0.15, 0.2) is 0 Å². The number of alkyl halides is 5. The third kappa shape index (κ3) is 7.71. The number of hydrogen-bond donors (Lipinski definition) is 1. The second kappa shape index (κ2) is 12.4. The first-order valence-corrected chi connectivity index (χ1v) is 13.2. The first-order chi connectivity index (χ1) is 18.3. The zero-order valence-corrected chi connectivity index (χ0v) is 22.8. The monoisotopic (exact) mass is 572 g/mol. The van der Waals surface area contributed by atoms with Crippen molar-refractivity contribution in [2.45, 2.75) is 58.7 Å². The van der Waals surface area contributed by atoms with Crippen LogP contribution < -0.4 is 5.32 Å². The van der Waals surface area contributed by atoms with Gasteiger partial charge in [0, 0.05) is 19.2 Å². The summed E-state index contributed by atoms with van der Waals surface area (Å²) in [7, 11) is 0. The van der Waals surface area contributed by atoms with E-state index >= 15 is 0 Å². The van der Waals surface area contributed by atoms with E-state index in [-0.39, 0.29) is 24.5 Å². The molecule has 1 aliphatic heterocycles. The number of nitrogens with zero attached hydrogens (tertiary/aromatic N) is 3. The maximum absolute atomic E-state index is 14.7. The Kier molecular flexibility index (Phi) is 9.63. The highest BCUT2D eigenvalue weighted by Crippen LogP contribution is 2.37. The van der Waals surface area contributed by atoms with E-state index in [0.29, 0.717) is 21.7 Å². The molecule has 39 heavy (non-hydrogen) atoms. The number of likely N-dealkylation sites (tertiary alicyclic amines) is 1. The van der Waals surface area contributed by atoms with Gasteiger partial charge >= 0.3 is 6.18 Å². The molecule has 1 aromatic heterocycles. The van der Waals surface area contributed by atoms with Crippen LogP contribution in [0.25, 0.3) is 10.4 Å². The van der Waals surface area contributed by atoms with Crippen molar-refractivity contribution in [3.05, 3.63) is 64.3 Å². The van der Waals surface area contributed by atoms with Crippen LogP contribution in [0, 0.1) is 18.7 Å². The van der Waals surface area contributed by atoms with Gasteiger partial charge in [0.25, 0.3) is 11.8 Å². The summed E-state index contributed by atoms with van der Waals surface area (Å²) in [5, 5.41) is 3.45. The summed E-state index contributed by atoms with van der Waals surface area (Å²) in [6.07, 6.45) is -1.69. The minimum Gasteiger partial charge on any atom is -0.368 e. The van der Waals surface area contributed by atoms with Crippen molar-refractivity contribution in [2.24, 2.45) is 10.9 Å². The number of piperidine rings is 1. The van der Waals surface area contributed by atoms with E-state index in [1.807, 2.05) is 0 Å². The lowest BCUT2D eigenvalue weighted by molar-refractivity contribution is -0.0913. The lowest BCUT2D eigenvalue weighted by atomic mass is 9.88. The standard InChI is InChI=1S/C27H30F6N4OS/c1-5-7-19(27(31,32)33)13-34-22(6-2)35-14-21-16(3)12-26(29,30)15-37(21)25(38)23-24(39-17(4)36-23)18-8-10-20(28)11-9-18/h6-11,13,16,21,35H,5,12,14-15H2,1-4H3/b19-7+,22-6+,34-13-. The quantitative estimate of drug-likeness (QED) is 0.270. The summed E-state index contributed by atoms with van der Waals surface area (Å²) in [4.78, 5) is 23.4. The molecule has 2 aromatic rings. The molecule has 0 radical (unpaired) electrons. The van der Waals surface area contributed by atoms with E-state index in [4.69, 9.17) is 0 Å². The molecule has 1 saturated heterocycles. The largest absolute Gasteiger partial charge is 0.417 e. The molecule has 12 heteroatoms. The van der Waals surface area contributed by atoms with Gasteiger partial charge in [0.1, 0.15) is 17.3 Å². The average molecular weight is 573 g/mol. The third-order valence-electron chi connectivity index (χ3n) is 6.24. The number of aromatic nitrogens is 1. The van der Waals surface area contributed by atoms with Gasteiger partial charge in [0.05, 0.1) is 28.0 Å². The number of thiazole rings is 1. The predicted molar refractivity (Wildman–Crippen MR) is 140 cm³/mol. The second-order valence-corrected chi connectivity index (χ2v) is 10.5. The number of aliphatic imine (C=N–C) groups is 1. The van der Waals surface area contributed by atoms with Crippen molar-refractivity contribution in [3.8, 4) is 10.4 Å². The molecule has 0 spiro atoms. The van der Waals surface area contributed by atoms with Crippen LogP contribution in [0.5, 0.6) is 0 Å². The maximum Gasteiger partial charge on any atom is 0.417 e. The molecule has 2 atom stereocenters. The van der Waals surface area contributed by atoms with Gasteiger partial charge in [-0.1, -0.05) is 32.1 Å². The fourth-order valence-electron chi connectivity index (χ4n) is 4.42. The van der Waals surface area contributed by atoms with Gasteiger partial charge in [-0.05, 0) is 50.0 Å². The second-order valence-electron chi connectivity index (χ2n) is 9.33. The molecular weight excluding hydrogens is 542 g/mol. The molecule has 1 aliphatic rings. The number of allylic oxidation sites excluding steroid dienone is 3. The number of aryl methyl sites for hydroxylation is 1. The Morgan fingerprint density at radius 3 is 2.54 bits per heavy atom. The van der Waals surface area contributed by atoms with E-state index in [2.05, 4.69) is 15.3 Å². The summed E-state index contributed by atoms with van der Waals surface area (Å²) in [6.45, 7) is 5.56. The molecular formula is C27H30F6N4OS. The first kappa shape index (κ1) is 30.4. The van der Waals surface area contributed by atoms with Gasteiger partial charge in [-0.2, -0.15) is 13.2 Å². The summed E-state index contributed by atoms with van der Waals surface area (Å²) in [6, 6.07) is 4.73. The van der Waals surface area contributed by atoms with Crippen molar-refractivity contribution in [1.82, 2.24) is 15.2 Å². The number of hydrogen-bond acceptors (Lipinski definition) is 5. The molecule has 3 rings (SSSR count). The molecule has 1 amide bonds. The minimum atomic E-state index is -4.57. The molecule has 1 N–H and O–H groups in total. The Bertz CT molecular complexity index is 1250. The third-order valence-corrected chi connectivity index (χ3v) is 7.26. The molecule has 0 aliphatic carbocycles. The highest BCUT2D eigenvalue weighted by Gasteiger charge is 2.46. The summed E-state index contributed by atoms with van der Waals surface area (Å²) in [5.41, 5.74) is -0.383. The molecule has 2 heterocycles. The lowest BCUT2D eigenvalue weighted by Gasteiger charge is -2.43. The van der Waals surface area contributed by atoms with E-state index in [1.165, 1.54) is 41.7 Å². The Hall–Kier alpha value is -3.15. The number of benzene rings is 1. The molecule has 1 fully saturated rings. The number of carbonyl (C=O) groups is 1. The van der Waals surface area contributed by atoms with E-state index < -0.39 is 54.3 Å². The van der Waals surface area contributed by atoms with Crippen LogP contribution in [-0.4, -0.2) is 53.2 Å². The van der Waals surface area contributed by atoms with Crippen molar-refractivity contribution < 1.29 is 31.1 Å².